The third-order valence-electron chi connectivity index (χ3n) is 3.47. The fourth-order valence-electron chi connectivity index (χ4n) is 2.32. The Balaban J connectivity index is 0.00000220. The van der Waals surface area contributed by atoms with Gasteiger partial charge in [0, 0.05) is 6.54 Å². The summed E-state index contributed by atoms with van der Waals surface area (Å²) in [6, 6.07) is 2.53. The topological polar surface area (TPSA) is 58.2 Å². The van der Waals surface area contributed by atoms with E-state index < -0.39 is 15.8 Å². The molecule has 0 spiro atoms. The minimum absolute atomic E-state index is 0. The molecule has 0 aliphatic carbocycles. The van der Waals surface area contributed by atoms with Crippen LogP contribution in [-0.4, -0.2) is 28.1 Å². The fraction of sp³-hybridized carbons (Fsp3) is 0.538. The first-order valence-electron chi connectivity index (χ1n) is 6.56. The minimum Gasteiger partial charge on any atom is -0.316 e. The van der Waals surface area contributed by atoms with Gasteiger partial charge in [-0.3, -0.25) is 0 Å². The normalized spacial score (nSPS) is 19.1. The van der Waals surface area contributed by atoms with Crippen LogP contribution in [0.4, 0.5) is 4.39 Å². The number of halogens is 3. The van der Waals surface area contributed by atoms with Crippen LogP contribution in [0.3, 0.4) is 0 Å². The molecule has 1 unspecified atom stereocenters. The number of piperidine rings is 1. The van der Waals surface area contributed by atoms with E-state index in [4.69, 9.17) is 0 Å². The van der Waals surface area contributed by atoms with Crippen molar-refractivity contribution < 1.29 is 12.8 Å². The maximum absolute atomic E-state index is 13.4. The molecule has 0 radical (unpaired) electrons. The highest BCUT2D eigenvalue weighted by atomic mass is 79.9. The van der Waals surface area contributed by atoms with Crippen LogP contribution in [0, 0.1) is 18.7 Å². The second-order valence-electron chi connectivity index (χ2n) is 5.10. The Kier molecular flexibility index (Phi) is 7.06. The molecule has 1 saturated heterocycles. The number of aryl methyl sites for hydroxylation is 1. The summed E-state index contributed by atoms with van der Waals surface area (Å²) in [6.07, 6.45) is 2.08. The lowest BCUT2D eigenvalue weighted by atomic mass is 10.0. The Morgan fingerprint density at radius 1 is 1.48 bits per heavy atom. The second kappa shape index (κ2) is 7.87. The van der Waals surface area contributed by atoms with Crippen molar-refractivity contribution in [2.24, 2.45) is 5.92 Å². The summed E-state index contributed by atoms with van der Waals surface area (Å²) in [5.74, 6) is -0.152. The molecule has 1 aromatic carbocycles. The SMILES string of the molecule is Cc1cc(F)c(Br)cc1S(=O)(=O)NCC1CCCNC1.Cl. The first kappa shape index (κ1) is 18.8. The molecule has 1 atom stereocenters. The van der Waals surface area contributed by atoms with Gasteiger partial charge in [0.05, 0.1) is 9.37 Å². The zero-order valence-corrected chi connectivity index (χ0v) is 14.9. The van der Waals surface area contributed by atoms with Gasteiger partial charge in [-0.25, -0.2) is 17.5 Å². The maximum Gasteiger partial charge on any atom is 0.240 e. The molecule has 0 bridgehead atoms. The molecule has 8 heteroatoms. The Bertz CT molecular complexity index is 592. The van der Waals surface area contributed by atoms with Gasteiger partial charge in [-0.2, -0.15) is 0 Å². The Labute approximate surface area is 139 Å². The average molecular weight is 402 g/mol. The molecule has 1 heterocycles. The van der Waals surface area contributed by atoms with Crippen molar-refractivity contribution in [3.63, 3.8) is 0 Å². The smallest absolute Gasteiger partial charge is 0.240 e. The second-order valence-corrected chi connectivity index (χ2v) is 7.69. The summed E-state index contributed by atoms with van der Waals surface area (Å²) in [4.78, 5) is 0.120. The van der Waals surface area contributed by atoms with Gasteiger partial charge in [-0.1, -0.05) is 0 Å². The van der Waals surface area contributed by atoms with Gasteiger partial charge in [0.2, 0.25) is 10.0 Å². The Hall–Kier alpha value is -0.210. The van der Waals surface area contributed by atoms with Crippen LogP contribution >= 0.6 is 28.3 Å². The molecule has 120 valence electrons. The number of hydrogen-bond donors (Lipinski definition) is 2. The number of nitrogens with one attached hydrogen (secondary N) is 2. The van der Waals surface area contributed by atoms with E-state index in [9.17, 15) is 12.8 Å². The van der Waals surface area contributed by atoms with Crippen LogP contribution in [0.25, 0.3) is 0 Å². The molecular formula is C13H19BrClFN2O2S. The van der Waals surface area contributed by atoms with E-state index in [1.165, 1.54) is 12.1 Å². The van der Waals surface area contributed by atoms with Crippen molar-refractivity contribution in [2.75, 3.05) is 19.6 Å². The quantitative estimate of drug-likeness (QED) is 0.815. The van der Waals surface area contributed by atoms with Crippen molar-refractivity contribution in [1.29, 1.82) is 0 Å². The molecule has 0 saturated carbocycles. The summed E-state index contributed by atoms with van der Waals surface area (Å²) >= 11 is 3.02. The Morgan fingerprint density at radius 2 is 2.19 bits per heavy atom. The molecule has 0 aromatic heterocycles. The van der Waals surface area contributed by atoms with Crippen molar-refractivity contribution in [1.82, 2.24) is 10.0 Å². The molecule has 2 rings (SSSR count). The summed E-state index contributed by atoms with van der Waals surface area (Å²) in [5, 5.41) is 3.25. The van der Waals surface area contributed by atoms with Crippen molar-refractivity contribution in [3.05, 3.63) is 28.0 Å². The number of rotatable bonds is 4. The van der Waals surface area contributed by atoms with Gasteiger partial charge >= 0.3 is 0 Å². The highest BCUT2D eigenvalue weighted by Crippen LogP contribution is 2.24. The lowest BCUT2D eigenvalue weighted by Gasteiger charge is -2.23. The standard InChI is InChI=1S/C13H18BrFN2O2S.ClH/c1-9-5-12(15)11(14)6-13(9)20(18,19)17-8-10-3-2-4-16-7-10;/h5-6,10,16-17H,2-4,7-8H2,1H3;1H. The lowest BCUT2D eigenvalue weighted by Crippen LogP contribution is -2.38. The van der Waals surface area contributed by atoms with Crippen LogP contribution < -0.4 is 10.0 Å². The van der Waals surface area contributed by atoms with Crippen LogP contribution in [0.15, 0.2) is 21.5 Å². The molecule has 1 aliphatic rings. The van der Waals surface area contributed by atoms with Gasteiger partial charge in [0.25, 0.3) is 0 Å². The van der Waals surface area contributed by atoms with Crippen molar-refractivity contribution >= 4 is 38.4 Å². The molecule has 1 aliphatic heterocycles. The molecule has 1 fully saturated rings. The maximum atomic E-state index is 13.4. The average Bonchev–Trinajstić information content (AvgIpc) is 2.42. The molecule has 1 aromatic rings. The van der Waals surface area contributed by atoms with E-state index in [0.29, 0.717) is 18.0 Å². The molecule has 4 nitrogen and oxygen atoms in total. The predicted octanol–water partition coefficient (Wildman–Crippen LogP) is 2.60. The van der Waals surface area contributed by atoms with Gasteiger partial charge in [-0.05, 0) is 72.4 Å². The predicted molar refractivity (Wildman–Crippen MR) is 86.9 cm³/mol. The van der Waals surface area contributed by atoms with Crippen LogP contribution in [0.5, 0.6) is 0 Å². The third-order valence-corrected chi connectivity index (χ3v) is 5.64. The van der Waals surface area contributed by atoms with E-state index >= 15 is 0 Å². The lowest BCUT2D eigenvalue weighted by molar-refractivity contribution is 0.376. The summed E-state index contributed by atoms with van der Waals surface area (Å²) in [7, 11) is -3.60. The number of sulfonamides is 1. The van der Waals surface area contributed by atoms with Crippen molar-refractivity contribution in [3.8, 4) is 0 Å². The first-order valence-corrected chi connectivity index (χ1v) is 8.84. The number of hydrogen-bond acceptors (Lipinski definition) is 3. The van der Waals surface area contributed by atoms with Gasteiger partial charge in [0.15, 0.2) is 0 Å². The van der Waals surface area contributed by atoms with E-state index in [1.807, 2.05) is 0 Å². The molecule has 21 heavy (non-hydrogen) atoms. The summed E-state index contributed by atoms with van der Waals surface area (Å²) in [6.45, 7) is 3.82. The van der Waals surface area contributed by atoms with Crippen LogP contribution in [-0.2, 0) is 10.0 Å². The van der Waals surface area contributed by atoms with Gasteiger partial charge in [-0.15, -0.1) is 12.4 Å². The fourth-order valence-corrected chi connectivity index (χ4v) is 4.18. The molecule has 2 N–H and O–H groups in total. The first-order chi connectivity index (χ1) is 9.40. The largest absolute Gasteiger partial charge is 0.316 e. The van der Waals surface area contributed by atoms with Crippen molar-refractivity contribution in [2.45, 2.75) is 24.7 Å². The van der Waals surface area contributed by atoms with E-state index in [0.717, 1.165) is 25.9 Å². The van der Waals surface area contributed by atoms with E-state index in [2.05, 4.69) is 26.0 Å². The third kappa shape index (κ3) is 4.89. The Morgan fingerprint density at radius 3 is 2.81 bits per heavy atom. The van der Waals surface area contributed by atoms with Crippen LogP contribution in [0.2, 0.25) is 0 Å². The highest BCUT2D eigenvalue weighted by molar-refractivity contribution is 9.10. The zero-order chi connectivity index (χ0) is 14.8. The summed E-state index contributed by atoms with van der Waals surface area (Å²) < 4.78 is 40.7. The number of benzene rings is 1. The monoisotopic (exact) mass is 400 g/mol. The van der Waals surface area contributed by atoms with Gasteiger partial charge in [0.1, 0.15) is 5.82 Å². The molecule has 0 amide bonds. The van der Waals surface area contributed by atoms with E-state index in [1.54, 1.807) is 6.92 Å². The van der Waals surface area contributed by atoms with Crippen LogP contribution in [0.1, 0.15) is 18.4 Å². The molecular weight excluding hydrogens is 383 g/mol. The highest BCUT2D eigenvalue weighted by Gasteiger charge is 2.21. The van der Waals surface area contributed by atoms with E-state index in [-0.39, 0.29) is 21.8 Å². The zero-order valence-electron chi connectivity index (χ0n) is 11.7. The summed E-state index contributed by atoms with van der Waals surface area (Å²) in [5.41, 5.74) is 0.403. The van der Waals surface area contributed by atoms with Gasteiger partial charge < -0.3 is 5.32 Å². The minimum atomic E-state index is -3.60.